The fourth-order valence-corrected chi connectivity index (χ4v) is 0.775. The summed E-state index contributed by atoms with van der Waals surface area (Å²) in [6.07, 6.45) is -2.13. The molecular formula is C6H10N2O5. The minimum Gasteiger partial charge on any atom is -0.394 e. The standard InChI is InChI=1S/C6H10N2O5/c9-1-3(10)2-13-5-4(11)7-6(12)8-5/h3,5,9-10H,1-2H2,(H2,7,8,11,12). The number of aliphatic hydroxyl groups is 2. The molecule has 0 aromatic rings. The molecule has 1 aliphatic heterocycles. The summed E-state index contributed by atoms with van der Waals surface area (Å²) in [7, 11) is 0. The average molecular weight is 190 g/mol. The first-order valence-corrected chi connectivity index (χ1v) is 3.65. The maximum atomic E-state index is 10.8. The third kappa shape index (κ3) is 2.65. The number of ether oxygens (including phenoxy) is 1. The fraction of sp³-hybridized carbons (Fsp3) is 0.667. The Bertz CT molecular complexity index is 219. The first-order valence-electron chi connectivity index (χ1n) is 3.65. The zero-order valence-corrected chi connectivity index (χ0v) is 6.69. The molecule has 74 valence electrons. The molecule has 1 fully saturated rings. The zero-order valence-electron chi connectivity index (χ0n) is 6.69. The third-order valence-electron chi connectivity index (χ3n) is 1.40. The Morgan fingerprint density at radius 1 is 1.54 bits per heavy atom. The summed E-state index contributed by atoms with van der Waals surface area (Å²) in [5.74, 6) is -0.602. The van der Waals surface area contributed by atoms with Crippen molar-refractivity contribution in [3.63, 3.8) is 0 Å². The van der Waals surface area contributed by atoms with Gasteiger partial charge in [-0.25, -0.2) is 4.79 Å². The summed E-state index contributed by atoms with van der Waals surface area (Å²) in [6, 6.07) is -0.631. The van der Waals surface area contributed by atoms with Gasteiger partial charge >= 0.3 is 6.03 Å². The molecule has 1 aliphatic rings. The Balaban J connectivity index is 2.29. The number of hydrogen-bond donors (Lipinski definition) is 4. The molecule has 0 radical (unpaired) electrons. The minimum absolute atomic E-state index is 0.213. The van der Waals surface area contributed by atoms with Gasteiger partial charge in [-0.15, -0.1) is 0 Å². The number of hydrogen-bond acceptors (Lipinski definition) is 5. The third-order valence-corrected chi connectivity index (χ3v) is 1.40. The summed E-state index contributed by atoms with van der Waals surface area (Å²) in [6.45, 7) is -0.669. The van der Waals surface area contributed by atoms with Gasteiger partial charge in [-0.2, -0.15) is 0 Å². The van der Waals surface area contributed by atoms with Crippen LogP contribution >= 0.6 is 0 Å². The van der Waals surface area contributed by atoms with Crippen LogP contribution in [0.5, 0.6) is 0 Å². The van der Waals surface area contributed by atoms with Crippen LogP contribution < -0.4 is 10.6 Å². The quantitative estimate of drug-likeness (QED) is 0.367. The van der Waals surface area contributed by atoms with E-state index < -0.39 is 30.9 Å². The van der Waals surface area contributed by atoms with Crippen molar-refractivity contribution in [3.8, 4) is 0 Å². The van der Waals surface area contributed by atoms with Crippen molar-refractivity contribution in [2.75, 3.05) is 13.2 Å². The lowest BCUT2D eigenvalue weighted by atomic mass is 10.4. The highest BCUT2D eigenvalue weighted by atomic mass is 16.5. The van der Waals surface area contributed by atoms with Crippen molar-refractivity contribution in [1.82, 2.24) is 10.6 Å². The van der Waals surface area contributed by atoms with Crippen LogP contribution in [-0.4, -0.2) is 47.7 Å². The van der Waals surface area contributed by atoms with Crippen molar-refractivity contribution in [3.05, 3.63) is 0 Å². The van der Waals surface area contributed by atoms with E-state index in [1.54, 1.807) is 0 Å². The molecule has 0 aliphatic carbocycles. The molecule has 3 amide bonds. The monoisotopic (exact) mass is 190 g/mol. The van der Waals surface area contributed by atoms with Crippen LogP contribution in [0, 0.1) is 0 Å². The number of rotatable bonds is 4. The second kappa shape index (κ2) is 4.17. The summed E-state index contributed by atoms with van der Waals surface area (Å²) in [4.78, 5) is 21.4. The van der Waals surface area contributed by atoms with E-state index in [9.17, 15) is 9.59 Å². The van der Waals surface area contributed by atoms with Gasteiger partial charge in [0, 0.05) is 0 Å². The molecule has 7 nitrogen and oxygen atoms in total. The van der Waals surface area contributed by atoms with Gasteiger partial charge in [-0.1, -0.05) is 0 Å². The summed E-state index contributed by atoms with van der Waals surface area (Å²) < 4.78 is 4.78. The van der Waals surface area contributed by atoms with Crippen LogP contribution in [0.4, 0.5) is 4.79 Å². The largest absolute Gasteiger partial charge is 0.394 e. The van der Waals surface area contributed by atoms with Gasteiger partial charge in [0.05, 0.1) is 13.2 Å². The highest BCUT2D eigenvalue weighted by Crippen LogP contribution is 1.96. The van der Waals surface area contributed by atoms with Gasteiger partial charge < -0.3 is 20.3 Å². The number of aliphatic hydroxyl groups excluding tert-OH is 2. The molecule has 1 heterocycles. The molecule has 13 heavy (non-hydrogen) atoms. The van der Waals surface area contributed by atoms with Gasteiger partial charge in [-0.3, -0.25) is 10.1 Å². The zero-order chi connectivity index (χ0) is 9.84. The lowest BCUT2D eigenvalue weighted by Crippen LogP contribution is -2.35. The first-order chi connectivity index (χ1) is 6.13. The molecule has 0 aromatic heterocycles. The van der Waals surface area contributed by atoms with Gasteiger partial charge in [0.2, 0.25) is 6.23 Å². The predicted octanol–water partition coefficient (Wildman–Crippen LogP) is -2.48. The molecule has 0 aromatic carbocycles. The highest BCUT2D eigenvalue weighted by molar-refractivity contribution is 6.03. The Hall–Kier alpha value is -1.18. The van der Waals surface area contributed by atoms with Crippen LogP contribution in [0.25, 0.3) is 0 Å². The van der Waals surface area contributed by atoms with Crippen molar-refractivity contribution in [2.24, 2.45) is 0 Å². The van der Waals surface area contributed by atoms with E-state index >= 15 is 0 Å². The number of amides is 3. The number of carbonyl (C=O) groups is 2. The molecule has 2 unspecified atom stereocenters. The molecule has 0 saturated carbocycles. The fourth-order valence-electron chi connectivity index (χ4n) is 0.775. The second-order valence-electron chi connectivity index (χ2n) is 2.51. The Morgan fingerprint density at radius 3 is 2.69 bits per heavy atom. The second-order valence-corrected chi connectivity index (χ2v) is 2.51. The number of imide groups is 1. The van der Waals surface area contributed by atoms with Crippen LogP contribution in [0.2, 0.25) is 0 Å². The van der Waals surface area contributed by atoms with E-state index in [2.05, 4.69) is 5.32 Å². The van der Waals surface area contributed by atoms with E-state index in [0.29, 0.717) is 0 Å². The Morgan fingerprint density at radius 2 is 2.23 bits per heavy atom. The SMILES string of the molecule is O=C1NC(=O)C(OCC(O)CO)N1. The van der Waals surface area contributed by atoms with Gasteiger partial charge in [0.25, 0.3) is 5.91 Å². The lowest BCUT2D eigenvalue weighted by Gasteiger charge is -2.11. The molecule has 0 bridgehead atoms. The number of nitrogens with one attached hydrogen (secondary N) is 2. The van der Waals surface area contributed by atoms with Crippen molar-refractivity contribution >= 4 is 11.9 Å². The normalized spacial score (nSPS) is 24.0. The van der Waals surface area contributed by atoms with Crippen molar-refractivity contribution in [2.45, 2.75) is 12.3 Å². The van der Waals surface area contributed by atoms with Crippen molar-refractivity contribution < 1.29 is 24.5 Å². The number of carbonyl (C=O) groups excluding carboxylic acids is 2. The average Bonchev–Trinajstić information content (AvgIpc) is 2.41. The summed E-state index contributed by atoms with van der Waals surface area (Å²) in [5.41, 5.74) is 0. The Kier molecular flexibility index (Phi) is 3.18. The van der Waals surface area contributed by atoms with E-state index in [1.165, 1.54) is 0 Å². The highest BCUT2D eigenvalue weighted by Gasteiger charge is 2.30. The summed E-state index contributed by atoms with van der Waals surface area (Å²) >= 11 is 0. The maximum Gasteiger partial charge on any atom is 0.323 e. The minimum atomic E-state index is -1.08. The van der Waals surface area contributed by atoms with Crippen LogP contribution in [0.3, 0.4) is 0 Å². The smallest absolute Gasteiger partial charge is 0.323 e. The van der Waals surface area contributed by atoms with Gasteiger partial charge in [0.15, 0.2) is 0 Å². The maximum absolute atomic E-state index is 10.8. The topological polar surface area (TPSA) is 108 Å². The van der Waals surface area contributed by atoms with Gasteiger partial charge in [-0.05, 0) is 0 Å². The van der Waals surface area contributed by atoms with Crippen LogP contribution in [0.15, 0.2) is 0 Å². The first kappa shape index (κ1) is 9.90. The predicted molar refractivity (Wildman–Crippen MR) is 39.5 cm³/mol. The van der Waals surface area contributed by atoms with E-state index in [0.717, 1.165) is 0 Å². The molecule has 1 saturated heterocycles. The van der Waals surface area contributed by atoms with Crippen LogP contribution in [0.1, 0.15) is 0 Å². The molecule has 0 spiro atoms. The molecule has 1 rings (SSSR count). The summed E-state index contributed by atoms with van der Waals surface area (Å²) in [5, 5.41) is 21.4. The molecular weight excluding hydrogens is 180 g/mol. The van der Waals surface area contributed by atoms with E-state index in [-0.39, 0.29) is 6.61 Å². The van der Waals surface area contributed by atoms with E-state index in [4.69, 9.17) is 14.9 Å². The van der Waals surface area contributed by atoms with Gasteiger partial charge in [0.1, 0.15) is 6.10 Å². The number of urea groups is 1. The molecule has 2 atom stereocenters. The molecule has 4 N–H and O–H groups in total. The van der Waals surface area contributed by atoms with Crippen LogP contribution in [-0.2, 0) is 9.53 Å². The lowest BCUT2D eigenvalue weighted by molar-refractivity contribution is -0.132. The Labute approximate surface area is 73.7 Å². The van der Waals surface area contributed by atoms with Crippen molar-refractivity contribution in [1.29, 1.82) is 0 Å². The van der Waals surface area contributed by atoms with E-state index in [1.807, 2.05) is 5.32 Å². The molecule has 7 heteroatoms.